The first-order valence-electron chi connectivity index (χ1n) is 9.08. The van der Waals surface area contributed by atoms with E-state index >= 15 is 0 Å². The molecule has 4 rings (SSSR count). The number of ketones is 1. The van der Waals surface area contributed by atoms with Gasteiger partial charge in [-0.1, -0.05) is 6.08 Å². The predicted molar refractivity (Wildman–Crippen MR) is 105 cm³/mol. The van der Waals surface area contributed by atoms with Crippen LogP contribution in [0.2, 0.25) is 0 Å². The van der Waals surface area contributed by atoms with Crippen molar-refractivity contribution in [1.82, 2.24) is 9.97 Å². The third kappa shape index (κ3) is 4.22. The van der Waals surface area contributed by atoms with Gasteiger partial charge in [0.2, 0.25) is 0 Å². The highest BCUT2D eigenvalue weighted by Gasteiger charge is 2.30. The highest BCUT2D eigenvalue weighted by atomic mass is 32.2. The summed E-state index contributed by atoms with van der Waals surface area (Å²) in [5, 5.41) is 0.725. The number of aromatic amines is 1. The Labute approximate surface area is 174 Å². The topological polar surface area (TPSA) is 104 Å². The normalized spacial score (nSPS) is 13.6. The van der Waals surface area contributed by atoms with E-state index in [-0.39, 0.29) is 22.1 Å². The molecular formula is C20H15F3N4O3S. The van der Waals surface area contributed by atoms with E-state index in [0.29, 0.717) is 29.7 Å². The van der Waals surface area contributed by atoms with Gasteiger partial charge in [-0.05, 0) is 42.8 Å². The number of nitrogens with zero attached hydrogens (tertiary/aromatic N) is 2. The van der Waals surface area contributed by atoms with Crippen LogP contribution in [0, 0.1) is 0 Å². The van der Waals surface area contributed by atoms with Gasteiger partial charge in [-0.15, -0.1) is 0 Å². The molecule has 0 aliphatic carbocycles. The Bertz CT molecular complexity index is 1360. The Balaban J connectivity index is 1.53. The fourth-order valence-electron chi connectivity index (χ4n) is 3.10. The number of hydrogen-bond donors (Lipinski definition) is 2. The van der Waals surface area contributed by atoms with Gasteiger partial charge in [-0.3, -0.25) is 14.5 Å². The standard InChI is InChI=1S/C20H15F3N4O3S/c21-20(22,23)13-4-6-14(7-5-13)31(29,30)27-17-8-3-12(10-25-17)18(28)16-11-26-19-15(16)2-1-9-24-19/h2-8,10-11H,1,9H2,(H,24,26)(H,25,27). The lowest BCUT2D eigenvalue weighted by atomic mass is 10.1. The summed E-state index contributed by atoms with van der Waals surface area (Å²) in [4.78, 5) is 23.6. The smallest absolute Gasteiger partial charge is 0.346 e. The summed E-state index contributed by atoms with van der Waals surface area (Å²) >= 11 is 0. The number of pyridine rings is 1. The number of aromatic nitrogens is 2. The van der Waals surface area contributed by atoms with Crippen molar-refractivity contribution in [2.24, 2.45) is 4.99 Å². The zero-order valence-corrected chi connectivity index (χ0v) is 16.6. The number of H-pyrrole nitrogens is 1. The Hall–Kier alpha value is -3.47. The number of hydrogen-bond acceptors (Lipinski definition) is 5. The summed E-state index contributed by atoms with van der Waals surface area (Å²) in [6, 6.07) is 5.82. The molecule has 0 spiro atoms. The van der Waals surface area contributed by atoms with Crippen LogP contribution in [0.3, 0.4) is 0 Å². The fraction of sp³-hybridized carbons (Fsp3) is 0.150. The zero-order valence-electron chi connectivity index (χ0n) is 15.8. The largest absolute Gasteiger partial charge is 0.416 e. The molecule has 0 radical (unpaired) electrons. The van der Waals surface area contributed by atoms with Crippen LogP contribution in [0.15, 0.2) is 58.7 Å². The van der Waals surface area contributed by atoms with Crippen LogP contribution in [0.4, 0.5) is 19.0 Å². The van der Waals surface area contributed by atoms with Crippen LogP contribution in [-0.2, 0) is 16.2 Å². The number of carbonyl (C=O) groups is 1. The van der Waals surface area contributed by atoms with Crippen LogP contribution < -0.4 is 15.4 Å². The molecular weight excluding hydrogens is 433 g/mol. The molecule has 2 aromatic heterocycles. The van der Waals surface area contributed by atoms with Gasteiger partial charge in [-0.25, -0.2) is 13.4 Å². The van der Waals surface area contributed by atoms with Gasteiger partial charge in [0.1, 0.15) is 11.3 Å². The molecule has 3 heterocycles. The monoisotopic (exact) mass is 448 g/mol. The van der Waals surface area contributed by atoms with Crippen molar-refractivity contribution in [1.29, 1.82) is 0 Å². The summed E-state index contributed by atoms with van der Waals surface area (Å²) in [5.41, 5.74) is 0.379. The highest BCUT2D eigenvalue weighted by molar-refractivity contribution is 7.92. The Kier molecular flexibility index (Phi) is 5.13. The van der Waals surface area contributed by atoms with Gasteiger partial charge in [0, 0.05) is 35.3 Å². The number of halogens is 3. The molecule has 2 N–H and O–H groups in total. The number of sulfonamides is 1. The summed E-state index contributed by atoms with van der Waals surface area (Å²) in [7, 11) is -4.15. The second kappa shape index (κ2) is 7.65. The molecule has 1 aliphatic heterocycles. The Morgan fingerprint density at radius 1 is 1.10 bits per heavy atom. The average Bonchev–Trinajstić information content (AvgIpc) is 3.17. The molecule has 11 heteroatoms. The number of benzene rings is 1. The lowest BCUT2D eigenvalue weighted by Gasteiger charge is -2.10. The first-order valence-corrected chi connectivity index (χ1v) is 10.6. The molecule has 0 saturated carbocycles. The van der Waals surface area contributed by atoms with Gasteiger partial charge in [0.15, 0.2) is 5.78 Å². The molecule has 31 heavy (non-hydrogen) atoms. The highest BCUT2D eigenvalue weighted by Crippen LogP contribution is 2.30. The molecule has 0 amide bonds. The minimum atomic E-state index is -4.57. The SMILES string of the molecule is O=C(c1ccc(NS(=O)(=O)c2ccc(C(F)(F)F)cc2)nc1)c1c[nH]c2c1=CCCN=2. The number of anilines is 1. The summed E-state index contributed by atoms with van der Waals surface area (Å²) in [6.45, 7) is 0.649. The maximum absolute atomic E-state index is 12.8. The fourth-order valence-corrected chi connectivity index (χ4v) is 4.11. The van der Waals surface area contributed by atoms with E-state index in [2.05, 4.69) is 19.7 Å². The van der Waals surface area contributed by atoms with Gasteiger partial charge < -0.3 is 4.98 Å². The van der Waals surface area contributed by atoms with E-state index in [9.17, 15) is 26.4 Å². The minimum Gasteiger partial charge on any atom is -0.346 e. The first-order chi connectivity index (χ1) is 14.6. The number of alkyl halides is 3. The second-order valence-corrected chi connectivity index (χ2v) is 8.41. The van der Waals surface area contributed by atoms with Gasteiger partial charge in [0.25, 0.3) is 10.0 Å². The van der Waals surface area contributed by atoms with Crippen LogP contribution in [0.25, 0.3) is 6.08 Å². The van der Waals surface area contributed by atoms with Crippen LogP contribution in [0.5, 0.6) is 0 Å². The molecule has 0 bridgehead atoms. The maximum atomic E-state index is 12.8. The molecule has 3 aromatic rings. The third-order valence-corrected chi connectivity index (χ3v) is 6.02. The van der Waals surface area contributed by atoms with Gasteiger partial charge in [0.05, 0.1) is 10.5 Å². The molecule has 0 unspecified atom stereocenters. The number of carbonyl (C=O) groups excluding carboxylic acids is 1. The molecule has 0 fully saturated rings. The van der Waals surface area contributed by atoms with Crippen molar-refractivity contribution in [3.05, 3.63) is 76.2 Å². The van der Waals surface area contributed by atoms with E-state index in [4.69, 9.17) is 0 Å². The van der Waals surface area contributed by atoms with E-state index < -0.39 is 21.8 Å². The van der Waals surface area contributed by atoms with E-state index in [1.54, 1.807) is 6.20 Å². The van der Waals surface area contributed by atoms with Crippen LogP contribution >= 0.6 is 0 Å². The lowest BCUT2D eigenvalue weighted by Crippen LogP contribution is -2.30. The molecule has 0 saturated heterocycles. The number of nitrogens with one attached hydrogen (secondary N) is 2. The van der Waals surface area contributed by atoms with Crippen molar-refractivity contribution in [3.8, 4) is 0 Å². The van der Waals surface area contributed by atoms with Gasteiger partial charge >= 0.3 is 6.18 Å². The summed E-state index contributed by atoms with van der Waals surface area (Å²) in [6.07, 6.45) is 0.885. The minimum absolute atomic E-state index is 0.0749. The second-order valence-electron chi connectivity index (χ2n) is 6.73. The van der Waals surface area contributed by atoms with Crippen molar-refractivity contribution in [2.75, 3.05) is 11.3 Å². The van der Waals surface area contributed by atoms with E-state index in [0.717, 1.165) is 23.8 Å². The van der Waals surface area contributed by atoms with Crippen molar-refractivity contribution in [2.45, 2.75) is 17.5 Å². The molecule has 160 valence electrons. The Morgan fingerprint density at radius 2 is 1.84 bits per heavy atom. The quantitative estimate of drug-likeness (QED) is 0.585. The molecule has 7 nitrogen and oxygen atoms in total. The number of fused-ring (bicyclic) bond motifs is 1. The van der Waals surface area contributed by atoms with Crippen LogP contribution in [-0.4, -0.2) is 30.7 Å². The van der Waals surface area contributed by atoms with Crippen molar-refractivity contribution in [3.63, 3.8) is 0 Å². The van der Waals surface area contributed by atoms with Crippen molar-refractivity contribution < 1.29 is 26.4 Å². The molecule has 0 atom stereocenters. The predicted octanol–water partition coefficient (Wildman–Crippen LogP) is 2.26. The van der Waals surface area contributed by atoms with E-state index in [1.165, 1.54) is 18.3 Å². The summed E-state index contributed by atoms with van der Waals surface area (Å²) < 4.78 is 65.0. The Morgan fingerprint density at radius 3 is 2.48 bits per heavy atom. The number of rotatable bonds is 5. The third-order valence-electron chi connectivity index (χ3n) is 4.65. The van der Waals surface area contributed by atoms with Crippen molar-refractivity contribution >= 4 is 27.7 Å². The molecule has 1 aromatic carbocycles. The van der Waals surface area contributed by atoms with Crippen LogP contribution in [0.1, 0.15) is 27.9 Å². The summed E-state index contributed by atoms with van der Waals surface area (Å²) in [5.74, 6) is -0.371. The lowest BCUT2D eigenvalue weighted by molar-refractivity contribution is -0.137. The average molecular weight is 448 g/mol. The maximum Gasteiger partial charge on any atom is 0.416 e. The van der Waals surface area contributed by atoms with E-state index in [1.807, 2.05) is 6.08 Å². The first kappa shape index (κ1) is 20.8. The van der Waals surface area contributed by atoms with Gasteiger partial charge in [-0.2, -0.15) is 13.2 Å². The molecule has 1 aliphatic rings. The zero-order chi connectivity index (χ0) is 22.2.